The van der Waals surface area contributed by atoms with Gasteiger partial charge in [-0.05, 0) is 23.5 Å². The molecule has 18 heavy (non-hydrogen) atoms. The SMILES string of the molecule is CC(C)COCCNC1c2ccccc2CC1Cl. The normalized spacial score (nSPS) is 22.4. The fraction of sp³-hybridized carbons (Fsp3) is 0.600. The molecule has 0 spiro atoms. The van der Waals surface area contributed by atoms with Crippen molar-refractivity contribution in [1.29, 1.82) is 0 Å². The summed E-state index contributed by atoms with van der Waals surface area (Å²) in [6, 6.07) is 8.77. The van der Waals surface area contributed by atoms with Crippen LogP contribution in [0.25, 0.3) is 0 Å². The number of ether oxygens (including phenoxy) is 1. The molecule has 0 aromatic heterocycles. The molecule has 1 aromatic carbocycles. The smallest absolute Gasteiger partial charge is 0.0591 e. The van der Waals surface area contributed by atoms with Gasteiger partial charge in [0.05, 0.1) is 12.0 Å². The van der Waals surface area contributed by atoms with Gasteiger partial charge in [-0.1, -0.05) is 38.1 Å². The first-order valence-electron chi connectivity index (χ1n) is 6.71. The van der Waals surface area contributed by atoms with Gasteiger partial charge in [-0.2, -0.15) is 0 Å². The van der Waals surface area contributed by atoms with Gasteiger partial charge in [-0.15, -0.1) is 11.6 Å². The minimum Gasteiger partial charge on any atom is -0.380 e. The van der Waals surface area contributed by atoms with E-state index in [4.69, 9.17) is 16.3 Å². The maximum atomic E-state index is 6.40. The fourth-order valence-corrected chi connectivity index (χ4v) is 2.78. The number of benzene rings is 1. The zero-order chi connectivity index (χ0) is 13.0. The summed E-state index contributed by atoms with van der Waals surface area (Å²) in [7, 11) is 0. The first-order chi connectivity index (χ1) is 8.68. The van der Waals surface area contributed by atoms with Crippen molar-refractivity contribution in [1.82, 2.24) is 5.32 Å². The molecule has 0 amide bonds. The lowest BCUT2D eigenvalue weighted by atomic mass is 10.1. The Balaban J connectivity index is 1.79. The third kappa shape index (κ3) is 3.47. The number of halogens is 1. The predicted molar refractivity (Wildman–Crippen MR) is 76.2 cm³/mol. The summed E-state index contributed by atoms with van der Waals surface area (Å²) in [6.45, 7) is 6.76. The molecule has 0 saturated heterocycles. The highest BCUT2D eigenvalue weighted by Gasteiger charge is 2.29. The fourth-order valence-electron chi connectivity index (χ4n) is 2.39. The van der Waals surface area contributed by atoms with Crippen LogP contribution in [-0.4, -0.2) is 25.1 Å². The van der Waals surface area contributed by atoms with Crippen molar-refractivity contribution in [2.24, 2.45) is 5.92 Å². The van der Waals surface area contributed by atoms with Gasteiger partial charge in [0.25, 0.3) is 0 Å². The van der Waals surface area contributed by atoms with E-state index < -0.39 is 0 Å². The highest BCUT2D eigenvalue weighted by Crippen LogP contribution is 2.34. The molecule has 1 N–H and O–H groups in total. The van der Waals surface area contributed by atoms with Crippen molar-refractivity contribution in [2.45, 2.75) is 31.7 Å². The van der Waals surface area contributed by atoms with Crippen molar-refractivity contribution in [3.63, 3.8) is 0 Å². The Morgan fingerprint density at radius 2 is 2.17 bits per heavy atom. The molecule has 3 heteroatoms. The van der Waals surface area contributed by atoms with E-state index in [1.807, 2.05) is 0 Å². The number of nitrogens with one attached hydrogen (secondary N) is 1. The second-order valence-corrected chi connectivity index (χ2v) is 5.88. The number of hydrogen-bond acceptors (Lipinski definition) is 2. The zero-order valence-electron chi connectivity index (χ0n) is 11.2. The van der Waals surface area contributed by atoms with E-state index in [0.29, 0.717) is 5.92 Å². The molecule has 1 aliphatic carbocycles. The predicted octanol–water partition coefficient (Wildman–Crippen LogP) is 3.15. The molecule has 0 heterocycles. The van der Waals surface area contributed by atoms with E-state index in [2.05, 4.69) is 43.4 Å². The van der Waals surface area contributed by atoms with Gasteiger partial charge in [-0.25, -0.2) is 0 Å². The molecule has 2 nitrogen and oxygen atoms in total. The average Bonchev–Trinajstić information content (AvgIpc) is 2.65. The van der Waals surface area contributed by atoms with Crippen LogP contribution in [-0.2, 0) is 11.2 Å². The van der Waals surface area contributed by atoms with E-state index in [1.54, 1.807) is 0 Å². The Labute approximate surface area is 115 Å². The molecular weight excluding hydrogens is 246 g/mol. The maximum Gasteiger partial charge on any atom is 0.0591 e. The van der Waals surface area contributed by atoms with Crippen molar-refractivity contribution in [3.05, 3.63) is 35.4 Å². The molecule has 2 rings (SSSR count). The summed E-state index contributed by atoms with van der Waals surface area (Å²) in [5, 5.41) is 3.66. The molecule has 1 aliphatic rings. The highest BCUT2D eigenvalue weighted by molar-refractivity contribution is 6.21. The van der Waals surface area contributed by atoms with Crippen LogP contribution in [0.3, 0.4) is 0 Å². The number of rotatable bonds is 6. The first kappa shape index (κ1) is 13.9. The van der Waals surface area contributed by atoms with E-state index in [9.17, 15) is 0 Å². The minimum atomic E-state index is 0.160. The van der Waals surface area contributed by atoms with Gasteiger partial charge in [-0.3, -0.25) is 0 Å². The molecule has 0 bridgehead atoms. The Bertz CT molecular complexity index is 381. The summed E-state index contributed by atoms with van der Waals surface area (Å²) in [6.07, 6.45) is 0.961. The van der Waals surface area contributed by atoms with Crippen LogP contribution in [0.15, 0.2) is 24.3 Å². The van der Waals surface area contributed by atoms with Gasteiger partial charge in [0, 0.05) is 19.2 Å². The largest absolute Gasteiger partial charge is 0.380 e. The Kier molecular flexibility index (Phi) is 5.04. The van der Waals surface area contributed by atoms with E-state index in [-0.39, 0.29) is 11.4 Å². The maximum absolute atomic E-state index is 6.40. The van der Waals surface area contributed by atoms with Gasteiger partial charge in [0.2, 0.25) is 0 Å². The lowest BCUT2D eigenvalue weighted by Crippen LogP contribution is -2.29. The second-order valence-electron chi connectivity index (χ2n) is 5.32. The second kappa shape index (κ2) is 6.55. The first-order valence-corrected chi connectivity index (χ1v) is 7.15. The molecule has 0 fully saturated rings. The molecule has 2 unspecified atom stereocenters. The standard InChI is InChI=1S/C15H22ClNO/c1-11(2)10-18-8-7-17-15-13-6-4-3-5-12(13)9-14(15)16/h3-6,11,14-15,17H,7-10H2,1-2H3. The topological polar surface area (TPSA) is 21.3 Å². The van der Waals surface area contributed by atoms with E-state index in [0.717, 1.165) is 26.2 Å². The molecule has 2 atom stereocenters. The average molecular weight is 268 g/mol. The molecule has 0 radical (unpaired) electrons. The quantitative estimate of drug-likeness (QED) is 0.632. The summed E-state index contributed by atoms with van der Waals surface area (Å²) in [5.74, 6) is 0.595. The molecule has 0 aliphatic heterocycles. The highest BCUT2D eigenvalue weighted by atomic mass is 35.5. The summed E-state index contributed by atoms with van der Waals surface area (Å²) >= 11 is 6.40. The summed E-state index contributed by atoms with van der Waals surface area (Å²) in [5.41, 5.74) is 2.72. The van der Waals surface area contributed by atoms with Crippen molar-refractivity contribution in [3.8, 4) is 0 Å². The number of alkyl halides is 1. The lowest BCUT2D eigenvalue weighted by molar-refractivity contribution is 0.110. The Morgan fingerprint density at radius 1 is 1.39 bits per heavy atom. The van der Waals surface area contributed by atoms with Crippen LogP contribution in [0, 0.1) is 5.92 Å². The number of hydrogen-bond donors (Lipinski definition) is 1. The van der Waals surface area contributed by atoms with Gasteiger partial charge in [0.1, 0.15) is 0 Å². The summed E-state index contributed by atoms with van der Waals surface area (Å²) in [4.78, 5) is 0. The molecule has 100 valence electrons. The van der Waals surface area contributed by atoms with Crippen LogP contribution >= 0.6 is 11.6 Å². The molecule has 0 saturated carbocycles. The van der Waals surface area contributed by atoms with Gasteiger partial charge < -0.3 is 10.1 Å². The third-order valence-electron chi connectivity index (χ3n) is 3.23. The number of fused-ring (bicyclic) bond motifs is 1. The van der Waals surface area contributed by atoms with Gasteiger partial charge in [0.15, 0.2) is 0 Å². The van der Waals surface area contributed by atoms with Gasteiger partial charge >= 0.3 is 0 Å². The minimum absolute atomic E-state index is 0.160. The monoisotopic (exact) mass is 267 g/mol. The van der Waals surface area contributed by atoms with Crippen LogP contribution < -0.4 is 5.32 Å². The van der Waals surface area contributed by atoms with Crippen LogP contribution in [0.1, 0.15) is 31.0 Å². The van der Waals surface area contributed by atoms with E-state index in [1.165, 1.54) is 11.1 Å². The Hall–Kier alpha value is -0.570. The van der Waals surface area contributed by atoms with Crippen molar-refractivity contribution >= 4 is 11.6 Å². The van der Waals surface area contributed by atoms with Crippen molar-refractivity contribution in [2.75, 3.05) is 19.8 Å². The van der Waals surface area contributed by atoms with Crippen molar-refractivity contribution < 1.29 is 4.74 Å². The van der Waals surface area contributed by atoms with Crippen LogP contribution in [0.2, 0.25) is 0 Å². The molecular formula is C15H22ClNO. The third-order valence-corrected chi connectivity index (χ3v) is 3.63. The summed E-state index contributed by atoms with van der Waals surface area (Å²) < 4.78 is 5.57. The molecule has 1 aromatic rings. The van der Waals surface area contributed by atoms with Crippen LogP contribution in [0.4, 0.5) is 0 Å². The van der Waals surface area contributed by atoms with E-state index >= 15 is 0 Å². The van der Waals surface area contributed by atoms with Crippen LogP contribution in [0.5, 0.6) is 0 Å². The lowest BCUT2D eigenvalue weighted by Gasteiger charge is -2.17. The zero-order valence-corrected chi connectivity index (χ0v) is 11.9. The Morgan fingerprint density at radius 3 is 2.94 bits per heavy atom.